The van der Waals surface area contributed by atoms with E-state index in [1.807, 2.05) is 18.2 Å². The van der Waals surface area contributed by atoms with E-state index in [-0.39, 0.29) is 0 Å². The zero-order valence-corrected chi connectivity index (χ0v) is 21.7. The van der Waals surface area contributed by atoms with Crippen LogP contribution in [0.5, 0.6) is 5.88 Å². The van der Waals surface area contributed by atoms with Crippen molar-refractivity contribution in [3.05, 3.63) is 57.7 Å². The van der Waals surface area contributed by atoms with E-state index in [0.717, 1.165) is 24.5 Å². The number of carboxylic acid groups (broad SMARTS) is 1. The van der Waals surface area contributed by atoms with Crippen LogP contribution in [0.4, 0.5) is 0 Å². The summed E-state index contributed by atoms with van der Waals surface area (Å²) in [5.74, 6) is -0.809. The number of carbonyl (C=O) groups is 1. The van der Waals surface area contributed by atoms with Crippen molar-refractivity contribution in [2.24, 2.45) is 0 Å². The number of halogens is 2. The lowest BCUT2D eigenvalue weighted by molar-refractivity contribution is -0.139. The first-order chi connectivity index (χ1) is 16.5. The van der Waals surface area contributed by atoms with E-state index in [0.29, 0.717) is 29.5 Å². The molecule has 0 amide bonds. The maximum absolute atomic E-state index is 10.8. The molecular weight excluding hydrogens is 471 g/mol. The largest absolute Gasteiger partial charge is 0.481 e. The highest BCUT2D eigenvalue weighted by molar-refractivity contribution is 6.35. The Balaban J connectivity index is 0.000000266. The molecular formula is C27H38Cl2N2O3. The molecule has 5 nitrogen and oxygen atoms in total. The molecule has 0 radical (unpaired) electrons. The molecule has 1 unspecified atom stereocenters. The number of hydrogen-bond donors (Lipinski definition) is 2. The molecule has 1 aliphatic heterocycles. The second kappa shape index (κ2) is 16.7. The molecule has 34 heavy (non-hydrogen) atoms. The standard InChI is InChI=1S/C18H29Cl2N.C9H9NO3/c1-2-3-4-5-6-7-8-9-13-21-14-12-16-10-11-17(19)15-18(16)20;11-9(12)7-3-5-13-8-6(7)2-1-4-10-8/h10-11,15,21H,2-9,12-14H2,1H3;1-2,4,7H,3,5H2,(H,11,12). The molecule has 0 bridgehead atoms. The predicted octanol–water partition coefficient (Wildman–Crippen LogP) is 7.30. The van der Waals surface area contributed by atoms with Gasteiger partial charge in [0, 0.05) is 21.8 Å². The van der Waals surface area contributed by atoms with Crippen molar-refractivity contribution in [3.8, 4) is 5.88 Å². The van der Waals surface area contributed by atoms with E-state index in [1.54, 1.807) is 18.3 Å². The van der Waals surface area contributed by atoms with Crippen molar-refractivity contribution in [1.82, 2.24) is 10.3 Å². The molecule has 0 saturated carbocycles. The number of carboxylic acids is 1. The smallest absolute Gasteiger partial charge is 0.311 e. The summed E-state index contributed by atoms with van der Waals surface area (Å²) in [6.45, 7) is 4.79. The first-order valence-corrected chi connectivity index (χ1v) is 13.2. The van der Waals surface area contributed by atoms with Crippen LogP contribution in [0.3, 0.4) is 0 Å². The number of rotatable bonds is 13. The van der Waals surface area contributed by atoms with E-state index in [1.165, 1.54) is 56.9 Å². The molecule has 1 atom stereocenters. The molecule has 0 spiro atoms. The van der Waals surface area contributed by atoms with Gasteiger partial charge in [0.1, 0.15) is 0 Å². The average Bonchev–Trinajstić information content (AvgIpc) is 2.83. The zero-order chi connectivity index (χ0) is 24.6. The number of nitrogens with one attached hydrogen (secondary N) is 1. The zero-order valence-electron chi connectivity index (χ0n) is 20.2. The summed E-state index contributed by atoms with van der Waals surface area (Å²) in [6.07, 6.45) is 14.1. The quantitative estimate of drug-likeness (QED) is 0.277. The molecule has 2 aromatic rings. The summed E-state index contributed by atoms with van der Waals surface area (Å²) in [7, 11) is 0. The maximum atomic E-state index is 10.8. The Bertz CT molecular complexity index is 864. The van der Waals surface area contributed by atoms with Crippen molar-refractivity contribution >= 4 is 29.2 Å². The highest BCUT2D eigenvalue weighted by Crippen LogP contribution is 2.31. The normalized spacial score (nSPS) is 14.5. The fourth-order valence-electron chi connectivity index (χ4n) is 3.93. The van der Waals surface area contributed by atoms with Crippen LogP contribution in [0.2, 0.25) is 10.0 Å². The van der Waals surface area contributed by atoms with Crippen molar-refractivity contribution in [2.75, 3.05) is 19.7 Å². The van der Waals surface area contributed by atoms with Gasteiger partial charge in [0.25, 0.3) is 0 Å². The summed E-state index contributed by atoms with van der Waals surface area (Å²) in [4.78, 5) is 14.8. The van der Waals surface area contributed by atoms with Crippen LogP contribution in [-0.4, -0.2) is 35.8 Å². The number of ether oxygens (including phenoxy) is 1. The molecule has 2 N–H and O–H groups in total. The number of fused-ring (bicyclic) bond motifs is 1. The first-order valence-electron chi connectivity index (χ1n) is 12.5. The molecule has 0 aliphatic carbocycles. The number of aliphatic carboxylic acids is 1. The Morgan fingerprint density at radius 2 is 1.82 bits per heavy atom. The Hall–Kier alpha value is -1.82. The third-order valence-electron chi connectivity index (χ3n) is 5.91. The molecule has 0 fully saturated rings. The van der Waals surface area contributed by atoms with Crippen LogP contribution in [0.1, 0.15) is 81.8 Å². The van der Waals surface area contributed by atoms with Crippen molar-refractivity contribution in [3.63, 3.8) is 0 Å². The highest BCUT2D eigenvalue weighted by Gasteiger charge is 2.27. The van der Waals surface area contributed by atoms with Gasteiger partial charge in [-0.3, -0.25) is 4.79 Å². The van der Waals surface area contributed by atoms with Gasteiger partial charge in [-0.15, -0.1) is 0 Å². The summed E-state index contributed by atoms with van der Waals surface area (Å²) >= 11 is 12.0. The lowest BCUT2D eigenvalue weighted by Crippen LogP contribution is -2.21. The molecule has 3 rings (SSSR count). The lowest BCUT2D eigenvalue weighted by Gasteiger charge is -2.21. The van der Waals surface area contributed by atoms with E-state index in [2.05, 4.69) is 17.2 Å². The van der Waals surface area contributed by atoms with E-state index >= 15 is 0 Å². The van der Waals surface area contributed by atoms with Crippen LogP contribution >= 0.6 is 23.2 Å². The van der Waals surface area contributed by atoms with Gasteiger partial charge in [-0.2, -0.15) is 0 Å². The number of aromatic nitrogens is 1. The van der Waals surface area contributed by atoms with Gasteiger partial charge in [-0.1, -0.05) is 87.2 Å². The monoisotopic (exact) mass is 508 g/mol. The minimum Gasteiger partial charge on any atom is -0.481 e. The van der Waals surface area contributed by atoms with Gasteiger partial charge in [0.2, 0.25) is 5.88 Å². The number of nitrogens with zero attached hydrogens (tertiary/aromatic N) is 1. The summed E-state index contributed by atoms with van der Waals surface area (Å²) in [5, 5.41) is 13.9. The third-order valence-corrected chi connectivity index (χ3v) is 6.50. The molecule has 188 valence electrons. The van der Waals surface area contributed by atoms with Gasteiger partial charge in [0.15, 0.2) is 0 Å². The van der Waals surface area contributed by atoms with E-state index < -0.39 is 11.9 Å². The van der Waals surface area contributed by atoms with E-state index in [9.17, 15) is 4.79 Å². The van der Waals surface area contributed by atoms with Crippen LogP contribution in [-0.2, 0) is 11.2 Å². The number of hydrogen-bond acceptors (Lipinski definition) is 4. The number of unbranched alkanes of at least 4 members (excludes halogenated alkanes) is 7. The molecule has 2 heterocycles. The second-order valence-electron chi connectivity index (χ2n) is 8.64. The molecule has 1 aromatic heterocycles. The fraction of sp³-hybridized carbons (Fsp3) is 0.556. The summed E-state index contributed by atoms with van der Waals surface area (Å²) < 4.78 is 5.23. The van der Waals surface area contributed by atoms with Gasteiger partial charge in [-0.25, -0.2) is 4.98 Å². The molecule has 1 aliphatic rings. The second-order valence-corrected chi connectivity index (χ2v) is 9.48. The van der Waals surface area contributed by atoms with Crippen molar-refractivity contribution < 1.29 is 14.6 Å². The highest BCUT2D eigenvalue weighted by atomic mass is 35.5. The minimum atomic E-state index is -0.808. The lowest BCUT2D eigenvalue weighted by atomic mass is 9.96. The maximum Gasteiger partial charge on any atom is 0.311 e. The summed E-state index contributed by atoms with van der Waals surface area (Å²) in [5.41, 5.74) is 1.85. The predicted molar refractivity (Wildman–Crippen MR) is 140 cm³/mol. The topological polar surface area (TPSA) is 71.5 Å². The van der Waals surface area contributed by atoms with Crippen molar-refractivity contribution in [1.29, 1.82) is 0 Å². The number of pyridine rings is 1. The Morgan fingerprint density at radius 1 is 1.09 bits per heavy atom. The van der Waals surface area contributed by atoms with Crippen LogP contribution in [0.25, 0.3) is 0 Å². The van der Waals surface area contributed by atoms with Gasteiger partial charge < -0.3 is 15.2 Å². The average molecular weight is 510 g/mol. The van der Waals surface area contributed by atoms with Crippen LogP contribution in [0, 0.1) is 0 Å². The first kappa shape index (κ1) is 28.4. The Kier molecular flexibility index (Phi) is 14.0. The van der Waals surface area contributed by atoms with E-state index in [4.69, 9.17) is 33.0 Å². The third kappa shape index (κ3) is 10.6. The van der Waals surface area contributed by atoms with Gasteiger partial charge >= 0.3 is 5.97 Å². The SMILES string of the molecule is CCCCCCCCCCNCCc1ccc(Cl)cc1Cl.O=C(O)C1CCOc2ncccc21. The number of benzene rings is 1. The minimum absolute atomic E-state index is 0.432. The van der Waals surface area contributed by atoms with Crippen LogP contribution in [0.15, 0.2) is 36.5 Å². The Labute approximate surface area is 214 Å². The van der Waals surface area contributed by atoms with Gasteiger partial charge in [-0.05, 0) is 56.1 Å². The van der Waals surface area contributed by atoms with Crippen LogP contribution < -0.4 is 10.1 Å². The summed E-state index contributed by atoms with van der Waals surface area (Å²) in [6, 6.07) is 9.21. The van der Waals surface area contributed by atoms with Crippen molar-refractivity contribution in [2.45, 2.75) is 77.0 Å². The van der Waals surface area contributed by atoms with Gasteiger partial charge in [0.05, 0.1) is 12.5 Å². The molecule has 1 aromatic carbocycles. The molecule has 0 saturated heterocycles. The fourth-order valence-corrected chi connectivity index (χ4v) is 4.43. The molecule has 7 heteroatoms. The Morgan fingerprint density at radius 3 is 2.53 bits per heavy atom.